The van der Waals surface area contributed by atoms with E-state index in [1.165, 1.54) is 12.1 Å². The van der Waals surface area contributed by atoms with Gasteiger partial charge in [-0.25, -0.2) is 4.98 Å². The van der Waals surface area contributed by atoms with Crippen molar-refractivity contribution < 1.29 is 9.66 Å². The highest BCUT2D eigenvalue weighted by Crippen LogP contribution is 2.34. The first kappa shape index (κ1) is 13.3. The van der Waals surface area contributed by atoms with E-state index in [1.807, 2.05) is 6.92 Å². The van der Waals surface area contributed by atoms with Gasteiger partial charge in [-0.05, 0) is 25.5 Å². The smallest absolute Gasteiger partial charge is 0.311 e. The molecule has 0 atom stereocenters. The van der Waals surface area contributed by atoms with Crippen molar-refractivity contribution in [2.45, 2.75) is 13.8 Å². The molecule has 0 bridgehead atoms. The second kappa shape index (κ2) is 5.24. The summed E-state index contributed by atoms with van der Waals surface area (Å²) >= 11 is 5.79. The standard InChI is InChI=1S/C13H11ClN2O3/c1-8-3-4-10(16(17)18)12(5-8)19-11-6-13(14)15-7-9(11)2/h3-7H,1-2H3. The molecule has 0 aliphatic carbocycles. The number of rotatable bonds is 3. The topological polar surface area (TPSA) is 65.3 Å². The molecule has 2 aromatic rings. The molecule has 1 aromatic heterocycles. The van der Waals surface area contributed by atoms with E-state index in [-0.39, 0.29) is 16.6 Å². The zero-order valence-electron chi connectivity index (χ0n) is 10.4. The highest BCUT2D eigenvalue weighted by atomic mass is 35.5. The molecule has 98 valence electrons. The first-order valence-electron chi connectivity index (χ1n) is 5.52. The first-order valence-corrected chi connectivity index (χ1v) is 5.90. The average molecular weight is 279 g/mol. The lowest BCUT2D eigenvalue weighted by molar-refractivity contribution is -0.385. The molecule has 0 N–H and O–H groups in total. The number of hydrogen-bond acceptors (Lipinski definition) is 4. The van der Waals surface area contributed by atoms with Crippen molar-refractivity contribution >= 4 is 17.3 Å². The molecule has 0 aliphatic rings. The van der Waals surface area contributed by atoms with E-state index in [4.69, 9.17) is 16.3 Å². The van der Waals surface area contributed by atoms with Crippen molar-refractivity contribution in [2.75, 3.05) is 0 Å². The monoisotopic (exact) mass is 278 g/mol. The van der Waals surface area contributed by atoms with Gasteiger partial charge in [0.2, 0.25) is 5.75 Å². The lowest BCUT2D eigenvalue weighted by atomic mass is 10.2. The van der Waals surface area contributed by atoms with E-state index in [0.717, 1.165) is 11.1 Å². The Bertz CT molecular complexity index is 644. The molecule has 2 rings (SSSR count). The molecule has 0 radical (unpaired) electrons. The van der Waals surface area contributed by atoms with Gasteiger partial charge < -0.3 is 4.74 Å². The summed E-state index contributed by atoms with van der Waals surface area (Å²) in [6, 6.07) is 6.23. The fraction of sp³-hybridized carbons (Fsp3) is 0.154. The van der Waals surface area contributed by atoms with Crippen LogP contribution in [0.15, 0.2) is 30.5 Å². The maximum Gasteiger partial charge on any atom is 0.311 e. The van der Waals surface area contributed by atoms with Gasteiger partial charge in [0.05, 0.1) is 4.92 Å². The Morgan fingerprint density at radius 3 is 2.68 bits per heavy atom. The van der Waals surface area contributed by atoms with Crippen molar-refractivity contribution in [1.29, 1.82) is 0 Å². The molecule has 1 heterocycles. The predicted molar refractivity (Wildman–Crippen MR) is 71.9 cm³/mol. The highest BCUT2D eigenvalue weighted by molar-refractivity contribution is 6.29. The van der Waals surface area contributed by atoms with Crippen molar-refractivity contribution in [3.63, 3.8) is 0 Å². The van der Waals surface area contributed by atoms with Crippen LogP contribution in [0.4, 0.5) is 5.69 Å². The van der Waals surface area contributed by atoms with Gasteiger partial charge in [0.1, 0.15) is 10.9 Å². The van der Waals surface area contributed by atoms with Crippen LogP contribution in [0.2, 0.25) is 5.15 Å². The number of nitro groups is 1. The summed E-state index contributed by atoms with van der Waals surface area (Å²) in [6.45, 7) is 3.63. The molecule has 0 fully saturated rings. The summed E-state index contributed by atoms with van der Waals surface area (Å²) < 4.78 is 5.60. The lowest BCUT2D eigenvalue weighted by Gasteiger charge is -2.09. The van der Waals surface area contributed by atoms with E-state index >= 15 is 0 Å². The molecule has 0 amide bonds. The molecule has 5 nitrogen and oxygen atoms in total. The first-order chi connectivity index (χ1) is 8.97. The van der Waals surface area contributed by atoms with Gasteiger partial charge in [0.25, 0.3) is 0 Å². The van der Waals surface area contributed by atoms with E-state index in [0.29, 0.717) is 5.75 Å². The number of nitro benzene ring substituents is 1. The summed E-state index contributed by atoms with van der Waals surface area (Å²) in [6.07, 6.45) is 1.55. The Hall–Kier alpha value is -2.14. The number of aryl methyl sites for hydroxylation is 2. The van der Waals surface area contributed by atoms with Crippen molar-refractivity contribution in [3.05, 3.63) is 56.9 Å². The maximum atomic E-state index is 11.0. The number of aromatic nitrogens is 1. The van der Waals surface area contributed by atoms with Crippen LogP contribution < -0.4 is 4.74 Å². The van der Waals surface area contributed by atoms with Gasteiger partial charge in [-0.3, -0.25) is 10.1 Å². The highest BCUT2D eigenvalue weighted by Gasteiger charge is 2.16. The van der Waals surface area contributed by atoms with E-state index in [9.17, 15) is 10.1 Å². The number of pyridine rings is 1. The van der Waals surface area contributed by atoms with Crippen LogP contribution in [0.1, 0.15) is 11.1 Å². The zero-order valence-corrected chi connectivity index (χ0v) is 11.1. The second-order valence-electron chi connectivity index (χ2n) is 4.10. The minimum Gasteiger partial charge on any atom is -0.450 e. The Balaban J connectivity index is 2.45. The van der Waals surface area contributed by atoms with Crippen molar-refractivity contribution in [2.24, 2.45) is 0 Å². The molecule has 19 heavy (non-hydrogen) atoms. The van der Waals surface area contributed by atoms with E-state index < -0.39 is 4.92 Å². The fourth-order valence-corrected chi connectivity index (χ4v) is 1.71. The molecule has 0 unspecified atom stereocenters. The summed E-state index contributed by atoms with van der Waals surface area (Å²) in [5, 5.41) is 11.2. The molecule has 0 spiro atoms. The minimum atomic E-state index is -0.479. The maximum absolute atomic E-state index is 11.0. The molecule has 0 saturated heterocycles. The van der Waals surface area contributed by atoms with Gasteiger partial charge in [0.15, 0.2) is 0 Å². The summed E-state index contributed by atoms with van der Waals surface area (Å²) in [5.74, 6) is 0.643. The van der Waals surface area contributed by atoms with Gasteiger partial charge in [-0.2, -0.15) is 0 Å². The largest absolute Gasteiger partial charge is 0.450 e. The average Bonchev–Trinajstić information content (AvgIpc) is 2.33. The quantitative estimate of drug-likeness (QED) is 0.482. The number of hydrogen-bond donors (Lipinski definition) is 0. The Labute approximate surface area is 115 Å². The van der Waals surface area contributed by atoms with Crippen molar-refractivity contribution in [1.82, 2.24) is 4.98 Å². The predicted octanol–water partition coefficient (Wildman–Crippen LogP) is 4.05. The van der Waals surface area contributed by atoms with Crippen LogP contribution in [0.3, 0.4) is 0 Å². The van der Waals surface area contributed by atoms with Gasteiger partial charge >= 0.3 is 5.69 Å². The molecule has 1 aromatic carbocycles. The third-order valence-electron chi connectivity index (χ3n) is 2.55. The number of benzene rings is 1. The number of ether oxygens (including phenoxy) is 1. The number of halogens is 1. The lowest BCUT2D eigenvalue weighted by Crippen LogP contribution is -1.95. The van der Waals surface area contributed by atoms with Crippen LogP contribution in [0, 0.1) is 24.0 Å². The third-order valence-corrected chi connectivity index (χ3v) is 2.76. The van der Waals surface area contributed by atoms with Crippen LogP contribution in [0.5, 0.6) is 11.5 Å². The summed E-state index contributed by atoms with van der Waals surface area (Å²) in [4.78, 5) is 14.4. The minimum absolute atomic E-state index is 0.0852. The van der Waals surface area contributed by atoms with Gasteiger partial charge in [-0.1, -0.05) is 17.7 Å². The van der Waals surface area contributed by atoms with Crippen LogP contribution in [-0.4, -0.2) is 9.91 Å². The Morgan fingerprint density at radius 1 is 1.26 bits per heavy atom. The Morgan fingerprint density at radius 2 is 2.00 bits per heavy atom. The molecular weight excluding hydrogens is 268 g/mol. The van der Waals surface area contributed by atoms with Crippen LogP contribution >= 0.6 is 11.6 Å². The molecule has 0 saturated carbocycles. The summed E-state index contributed by atoms with van der Waals surface area (Å²) in [7, 11) is 0. The van der Waals surface area contributed by atoms with Crippen LogP contribution in [-0.2, 0) is 0 Å². The zero-order chi connectivity index (χ0) is 14.0. The van der Waals surface area contributed by atoms with Gasteiger partial charge in [0, 0.05) is 23.9 Å². The van der Waals surface area contributed by atoms with E-state index in [1.54, 1.807) is 25.3 Å². The fourth-order valence-electron chi connectivity index (χ4n) is 1.56. The van der Waals surface area contributed by atoms with Crippen LogP contribution in [0.25, 0.3) is 0 Å². The van der Waals surface area contributed by atoms with Crippen molar-refractivity contribution in [3.8, 4) is 11.5 Å². The molecule has 0 aliphatic heterocycles. The normalized spacial score (nSPS) is 10.3. The van der Waals surface area contributed by atoms with Gasteiger partial charge in [-0.15, -0.1) is 0 Å². The second-order valence-corrected chi connectivity index (χ2v) is 4.49. The third kappa shape index (κ3) is 3.00. The molecule has 6 heteroatoms. The Kier molecular flexibility index (Phi) is 3.66. The SMILES string of the molecule is Cc1ccc([N+](=O)[O-])c(Oc2cc(Cl)ncc2C)c1. The summed E-state index contributed by atoms with van der Waals surface area (Å²) in [5.41, 5.74) is 1.54. The molecular formula is C13H11ClN2O3. The number of nitrogens with zero attached hydrogens (tertiary/aromatic N) is 2. The van der Waals surface area contributed by atoms with E-state index in [2.05, 4.69) is 4.98 Å².